The minimum atomic E-state index is -0.0680. The molecule has 0 aromatic heterocycles. The van der Waals surface area contributed by atoms with E-state index >= 15 is 0 Å². The molecule has 0 radical (unpaired) electrons. The number of ether oxygens (including phenoxy) is 2. The monoisotopic (exact) mass is 331 g/mol. The molecule has 1 unspecified atom stereocenters. The first-order valence-corrected chi connectivity index (χ1v) is 8.12. The van der Waals surface area contributed by atoms with Gasteiger partial charge in [-0.15, -0.1) is 0 Å². The number of likely N-dealkylation sites (N-methyl/N-ethyl adjacent to an activating group) is 1. The number of benzene rings is 1. The maximum absolute atomic E-state index is 5.44. The molecule has 0 amide bonds. The summed E-state index contributed by atoms with van der Waals surface area (Å²) < 4.78 is 10.8. The Hall–Kier alpha value is -2.44. The molecule has 2 heterocycles. The fraction of sp³-hybridized carbons (Fsp3) is 0.529. The smallest absolute Gasteiger partial charge is 0.231 e. The molecule has 0 bridgehead atoms. The average Bonchev–Trinajstić information content (AvgIpc) is 3.01. The molecule has 1 aromatic carbocycles. The van der Waals surface area contributed by atoms with Gasteiger partial charge in [0.2, 0.25) is 18.7 Å². The van der Waals surface area contributed by atoms with Crippen LogP contribution in [0.4, 0.5) is 0 Å². The van der Waals surface area contributed by atoms with Gasteiger partial charge in [-0.25, -0.2) is 9.98 Å². The largest absolute Gasteiger partial charge is 0.454 e. The van der Waals surface area contributed by atoms with Crippen molar-refractivity contribution in [2.24, 2.45) is 9.98 Å². The highest BCUT2D eigenvalue weighted by Gasteiger charge is 2.24. The molecule has 0 saturated carbocycles. The lowest BCUT2D eigenvalue weighted by Crippen LogP contribution is -2.51. The molecule has 7 heteroatoms. The van der Waals surface area contributed by atoms with Crippen LogP contribution in [0.15, 0.2) is 28.2 Å². The van der Waals surface area contributed by atoms with Gasteiger partial charge in [0.15, 0.2) is 11.5 Å². The lowest BCUT2D eigenvalue weighted by molar-refractivity contribution is 0.174. The van der Waals surface area contributed by atoms with E-state index in [4.69, 9.17) is 9.47 Å². The summed E-state index contributed by atoms with van der Waals surface area (Å²) in [5.41, 5.74) is 1.22. The summed E-state index contributed by atoms with van der Waals surface area (Å²) >= 11 is 0. The molecule has 24 heavy (non-hydrogen) atoms. The van der Waals surface area contributed by atoms with Crippen molar-refractivity contribution in [3.63, 3.8) is 0 Å². The number of rotatable bonds is 3. The molecule has 2 aliphatic heterocycles. The third kappa shape index (κ3) is 3.25. The van der Waals surface area contributed by atoms with E-state index in [9.17, 15) is 0 Å². The van der Waals surface area contributed by atoms with Crippen LogP contribution in [-0.2, 0) is 6.42 Å². The van der Waals surface area contributed by atoms with E-state index in [1.807, 2.05) is 43.9 Å². The van der Waals surface area contributed by atoms with Crippen molar-refractivity contribution in [3.05, 3.63) is 23.8 Å². The number of hydrogen-bond donors (Lipinski definition) is 0. The van der Waals surface area contributed by atoms with Gasteiger partial charge in [0.05, 0.1) is 0 Å². The van der Waals surface area contributed by atoms with Gasteiger partial charge >= 0.3 is 0 Å². The first kappa shape index (κ1) is 16.4. The molecule has 0 spiro atoms. The van der Waals surface area contributed by atoms with Gasteiger partial charge in [-0.1, -0.05) is 6.07 Å². The molecule has 130 valence electrons. The van der Waals surface area contributed by atoms with Gasteiger partial charge in [0.1, 0.15) is 6.17 Å². The highest BCUT2D eigenvalue weighted by molar-refractivity contribution is 5.99. The minimum absolute atomic E-state index is 0.0680. The molecule has 1 aromatic rings. The highest BCUT2D eigenvalue weighted by Crippen LogP contribution is 2.32. The normalized spacial score (nSPS) is 19.0. The van der Waals surface area contributed by atoms with Crippen molar-refractivity contribution in [1.82, 2.24) is 14.7 Å². The molecule has 0 N–H and O–H groups in total. The fourth-order valence-electron chi connectivity index (χ4n) is 2.89. The summed E-state index contributed by atoms with van der Waals surface area (Å²) in [6.45, 7) is 3.17. The molecule has 0 fully saturated rings. The summed E-state index contributed by atoms with van der Waals surface area (Å²) in [4.78, 5) is 15.5. The Bertz CT molecular complexity index is 671. The van der Waals surface area contributed by atoms with Crippen LogP contribution in [0.5, 0.6) is 11.5 Å². The Labute approximate surface area is 143 Å². The van der Waals surface area contributed by atoms with Crippen LogP contribution in [0.2, 0.25) is 0 Å². The van der Waals surface area contributed by atoms with Crippen molar-refractivity contribution >= 4 is 11.9 Å². The van der Waals surface area contributed by atoms with Crippen LogP contribution in [0.3, 0.4) is 0 Å². The second-order valence-electron chi connectivity index (χ2n) is 6.30. The van der Waals surface area contributed by atoms with Gasteiger partial charge in [-0.3, -0.25) is 4.90 Å². The highest BCUT2D eigenvalue weighted by atomic mass is 16.7. The first-order valence-electron chi connectivity index (χ1n) is 8.12. The van der Waals surface area contributed by atoms with Gasteiger partial charge < -0.3 is 19.3 Å². The lowest BCUT2D eigenvalue weighted by atomic mass is 10.1. The van der Waals surface area contributed by atoms with Crippen molar-refractivity contribution in [1.29, 1.82) is 0 Å². The second-order valence-corrected chi connectivity index (χ2v) is 6.30. The number of fused-ring (bicyclic) bond motifs is 1. The Morgan fingerprint density at radius 1 is 1.12 bits per heavy atom. The number of nitrogens with zero attached hydrogens (tertiary/aromatic N) is 5. The van der Waals surface area contributed by atoms with Crippen molar-refractivity contribution < 1.29 is 9.47 Å². The zero-order valence-corrected chi connectivity index (χ0v) is 15.0. The Balaban J connectivity index is 1.65. The summed E-state index contributed by atoms with van der Waals surface area (Å²) in [6.07, 6.45) is 0.838. The molecule has 2 aliphatic rings. The zero-order valence-electron chi connectivity index (χ0n) is 15.0. The van der Waals surface area contributed by atoms with E-state index in [1.54, 1.807) is 0 Å². The number of guanidine groups is 2. The third-order valence-electron chi connectivity index (χ3n) is 4.12. The van der Waals surface area contributed by atoms with Crippen LogP contribution in [0, 0.1) is 0 Å². The predicted molar refractivity (Wildman–Crippen MR) is 94.7 cm³/mol. The van der Waals surface area contributed by atoms with E-state index in [0.717, 1.165) is 36.4 Å². The Morgan fingerprint density at radius 2 is 1.83 bits per heavy atom. The van der Waals surface area contributed by atoms with Gasteiger partial charge in [0.25, 0.3) is 0 Å². The molecular formula is C17H25N5O2. The molecule has 3 rings (SSSR count). The maximum Gasteiger partial charge on any atom is 0.231 e. The Morgan fingerprint density at radius 3 is 2.58 bits per heavy atom. The van der Waals surface area contributed by atoms with Gasteiger partial charge in [-0.2, -0.15) is 0 Å². The average molecular weight is 331 g/mol. The van der Waals surface area contributed by atoms with Crippen LogP contribution in [0.25, 0.3) is 0 Å². The van der Waals surface area contributed by atoms with Crippen LogP contribution < -0.4 is 9.47 Å². The minimum Gasteiger partial charge on any atom is -0.454 e. The molecule has 0 aliphatic carbocycles. The van der Waals surface area contributed by atoms with Gasteiger partial charge in [0, 0.05) is 34.7 Å². The van der Waals surface area contributed by atoms with E-state index in [0.29, 0.717) is 6.79 Å². The maximum atomic E-state index is 5.44. The molecule has 1 atom stereocenters. The summed E-state index contributed by atoms with van der Waals surface area (Å²) in [5, 5.41) is 0. The topological polar surface area (TPSA) is 52.9 Å². The fourth-order valence-corrected chi connectivity index (χ4v) is 2.89. The zero-order chi connectivity index (χ0) is 17.3. The van der Waals surface area contributed by atoms with Crippen molar-refractivity contribution in [2.45, 2.75) is 19.5 Å². The van der Waals surface area contributed by atoms with Crippen LogP contribution >= 0.6 is 0 Å². The van der Waals surface area contributed by atoms with Crippen LogP contribution in [0.1, 0.15) is 12.5 Å². The van der Waals surface area contributed by atoms with E-state index in [-0.39, 0.29) is 6.17 Å². The molecular weight excluding hydrogens is 306 g/mol. The van der Waals surface area contributed by atoms with E-state index < -0.39 is 0 Å². The molecule has 0 saturated heterocycles. The lowest BCUT2D eigenvalue weighted by Gasteiger charge is -2.35. The quantitative estimate of drug-likeness (QED) is 0.839. The Kier molecular flexibility index (Phi) is 4.51. The van der Waals surface area contributed by atoms with Crippen LogP contribution in [-0.4, -0.2) is 74.3 Å². The predicted octanol–water partition coefficient (Wildman–Crippen LogP) is 1.45. The van der Waals surface area contributed by atoms with Crippen molar-refractivity contribution in [3.8, 4) is 11.5 Å². The standard InChI is InChI=1S/C17H25N5O2/c1-12-18-16(20(2)3)22(5)17(19-12)21(4)9-8-13-6-7-14-15(10-13)24-11-23-14/h6-7,10,12H,8-9,11H2,1-5H3. The SMILES string of the molecule is CC1N=C(N(C)C)N(C)C(N(C)CCc2ccc3c(c2)OCO3)=N1. The van der Waals surface area contributed by atoms with E-state index in [2.05, 4.69) is 34.1 Å². The first-order chi connectivity index (χ1) is 11.5. The summed E-state index contributed by atoms with van der Waals surface area (Å²) in [6, 6.07) is 6.11. The van der Waals surface area contributed by atoms with Gasteiger partial charge in [-0.05, 0) is 31.0 Å². The molecule has 7 nitrogen and oxygen atoms in total. The number of aliphatic imine (C=N–C) groups is 2. The van der Waals surface area contributed by atoms with Crippen molar-refractivity contribution in [2.75, 3.05) is 41.5 Å². The second kappa shape index (κ2) is 6.59. The summed E-state index contributed by atoms with van der Waals surface area (Å²) in [7, 11) is 8.06. The van der Waals surface area contributed by atoms with E-state index in [1.165, 1.54) is 5.56 Å². The third-order valence-corrected chi connectivity index (χ3v) is 4.12. The summed E-state index contributed by atoms with van der Waals surface area (Å²) in [5.74, 6) is 3.51. The number of hydrogen-bond acceptors (Lipinski definition) is 7.